The molecular weight excluding hydrogens is 531 g/mol. The third-order valence-electron chi connectivity index (χ3n) is 5.85. The number of nitrogens with one attached hydrogen (secondary N) is 1. The highest BCUT2D eigenvalue weighted by molar-refractivity contribution is 7.20. The molecule has 0 aliphatic carbocycles. The maximum absolute atomic E-state index is 14.3. The van der Waals surface area contributed by atoms with Gasteiger partial charge in [0.05, 0.1) is 44.7 Å². The van der Waals surface area contributed by atoms with Crippen molar-refractivity contribution in [3.05, 3.63) is 60.9 Å². The molecule has 2 heterocycles. The van der Waals surface area contributed by atoms with Crippen LogP contribution in [0.2, 0.25) is 0 Å². The predicted octanol–water partition coefficient (Wildman–Crippen LogP) is 2.67. The number of methoxy groups -OCH3 is 1. The van der Waals surface area contributed by atoms with E-state index in [1.807, 2.05) is 6.07 Å². The average molecular weight is 561 g/mol. The van der Waals surface area contributed by atoms with Gasteiger partial charge in [0.15, 0.2) is 0 Å². The highest BCUT2D eigenvalue weighted by Gasteiger charge is 2.27. The van der Waals surface area contributed by atoms with E-state index < -0.39 is 41.6 Å². The number of hydrogen-bond acceptors (Lipinski definition) is 9. The summed E-state index contributed by atoms with van der Waals surface area (Å²) in [5, 5.41) is 11.6. The van der Waals surface area contributed by atoms with Gasteiger partial charge in [0, 0.05) is 12.1 Å². The number of amides is 1. The molecule has 1 atom stereocenters. The number of nitrogens with zero attached hydrogens (tertiary/aromatic N) is 3. The minimum absolute atomic E-state index is 0.0280. The first-order valence-electron chi connectivity index (χ1n) is 12.2. The Kier molecular flexibility index (Phi) is 9.97. The minimum atomic E-state index is -0.992. The van der Waals surface area contributed by atoms with E-state index in [0.29, 0.717) is 12.1 Å². The van der Waals surface area contributed by atoms with Gasteiger partial charge in [0.25, 0.3) is 5.56 Å². The van der Waals surface area contributed by atoms with Crippen molar-refractivity contribution in [3.63, 3.8) is 0 Å². The molecule has 0 fully saturated rings. The van der Waals surface area contributed by atoms with Gasteiger partial charge < -0.3 is 19.5 Å². The van der Waals surface area contributed by atoms with Gasteiger partial charge in [-0.1, -0.05) is 0 Å². The SMILES string of the molecule is CCNC(=O)Cn1c(=O)c2c(C)c(C(=O)OCC)sc2n(C[C@H](OCCC#N)c2cc(F)ccc2OC)c1=O. The van der Waals surface area contributed by atoms with Crippen molar-refractivity contribution in [2.24, 2.45) is 0 Å². The van der Waals surface area contributed by atoms with Crippen LogP contribution >= 0.6 is 11.3 Å². The second-order valence-corrected chi connectivity index (χ2v) is 9.35. The first-order valence-corrected chi connectivity index (χ1v) is 13.0. The summed E-state index contributed by atoms with van der Waals surface area (Å²) in [6.45, 7) is 4.49. The minimum Gasteiger partial charge on any atom is -0.496 e. The van der Waals surface area contributed by atoms with Crippen LogP contribution in [0.1, 0.15) is 47.2 Å². The molecule has 1 aromatic carbocycles. The third-order valence-corrected chi connectivity index (χ3v) is 7.15. The van der Waals surface area contributed by atoms with Crippen LogP contribution in [0.3, 0.4) is 0 Å². The van der Waals surface area contributed by atoms with Crippen molar-refractivity contribution >= 4 is 33.4 Å². The van der Waals surface area contributed by atoms with Crippen LogP contribution in [0.4, 0.5) is 4.39 Å². The number of aryl methyl sites for hydroxylation is 1. The lowest BCUT2D eigenvalue weighted by Gasteiger charge is -2.22. The molecule has 0 bridgehead atoms. The van der Waals surface area contributed by atoms with Crippen molar-refractivity contribution < 1.29 is 28.2 Å². The molecule has 0 radical (unpaired) electrons. The zero-order valence-electron chi connectivity index (χ0n) is 22.0. The number of benzene rings is 1. The highest BCUT2D eigenvalue weighted by atomic mass is 32.1. The summed E-state index contributed by atoms with van der Waals surface area (Å²) in [5.74, 6) is -1.49. The number of carbonyl (C=O) groups excluding carboxylic acids is 2. The summed E-state index contributed by atoms with van der Waals surface area (Å²) >= 11 is 0.905. The molecule has 1 N–H and O–H groups in total. The van der Waals surface area contributed by atoms with Crippen LogP contribution in [-0.2, 0) is 27.4 Å². The zero-order chi connectivity index (χ0) is 28.7. The standard InChI is InChI=1S/C26H29FN4O7S/c1-5-29-20(32)14-30-23(33)21-15(3)22(25(34)37-6-2)39-24(21)31(26(30)35)13-19(38-11-7-10-28)17-12-16(27)8-9-18(17)36-4/h8-9,12,19H,5-7,11,13-14H2,1-4H3,(H,29,32)/t19-/m0/s1. The molecule has 1 amide bonds. The van der Waals surface area contributed by atoms with Gasteiger partial charge in [-0.15, -0.1) is 11.3 Å². The highest BCUT2D eigenvalue weighted by Crippen LogP contribution is 2.33. The van der Waals surface area contributed by atoms with E-state index in [2.05, 4.69) is 5.32 Å². The average Bonchev–Trinajstić information content (AvgIpc) is 3.25. The Labute approximate surface area is 227 Å². The molecule has 0 saturated heterocycles. The maximum atomic E-state index is 14.3. The normalized spacial score (nSPS) is 11.7. The summed E-state index contributed by atoms with van der Waals surface area (Å²) in [7, 11) is 1.40. The van der Waals surface area contributed by atoms with E-state index in [9.17, 15) is 23.6 Å². The van der Waals surface area contributed by atoms with Crippen LogP contribution in [0.15, 0.2) is 27.8 Å². The summed E-state index contributed by atoms with van der Waals surface area (Å²) in [6, 6.07) is 5.79. The van der Waals surface area contributed by atoms with E-state index in [0.717, 1.165) is 15.9 Å². The third kappa shape index (κ3) is 6.35. The molecule has 0 spiro atoms. The number of likely N-dealkylation sites (N-methyl/N-ethyl adjacent to an activating group) is 1. The van der Waals surface area contributed by atoms with Crippen LogP contribution in [0.25, 0.3) is 10.2 Å². The quantitative estimate of drug-likeness (QED) is 0.263. The summed E-state index contributed by atoms with van der Waals surface area (Å²) < 4.78 is 32.7. The topological polar surface area (TPSA) is 142 Å². The van der Waals surface area contributed by atoms with E-state index in [1.165, 1.54) is 29.9 Å². The molecule has 39 heavy (non-hydrogen) atoms. The summed E-state index contributed by atoms with van der Waals surface area (Å²) in [6.07, 6.45) is -0.964. The number of nitriles is 1. The first-order chi connectivity index (χ1) is 18.7. The van der Waals surface area contributed by atoms with Gasteiger partial charge in [0.1, 0.15) is 33.9 Å². The number of hydrogen-bond donors (Lipinski definition) is 1. The molecule has 3 rings (SSSR count). The number of esters is 1. The van der Waals surface area contributed by atoms with Crippen molar-refractivity contribution in [3.8, 4) is 11.8 Å². The predicted molar refractivity (Wildman–Crippen MR) is 142 cm³/mol. The fraction of sp³-hybridized carbons (Fsp3) is 0.423. The Balaban J connectivity index is 2.30. The smallest absolute Gasteiger partial charge is 0.348 e. The molecular formula is C26H29FN4O7S. The van der Waals surface area contributed by atoms with Crippen molar-refractivity contribution in [2.75, 3.05) is 26.9 Å². The lowest BCUT2D eigenvalue weighted by Crippen LogP contribution is -2.44. The van der Waals surface area contributed by atoms with Crippen molar-refractivity contribution in [1.82, 2.24) is 14.5 Å². The maximum Gasteiger partial charge on any atom is 0.348 e. The van der Waals surface area contributed by atoms with E-state index in [-0.39, 0.29) is 52.6 Å². The Bertz CT molecular complexity index is 1540. The van der Waals surface area contributed by atoms with Gasteiger partial charge in [-0.05, 0) is 44.5 Å². The van der Waals surface area contributed by atoms with Crippen molar-refractivity contribution in [1.29, 1.82) is 5.26 Å². The fourth-order valence-electron chi connectivity index (χ4n) is 4.09. The molecule has 0 saturated carbocycles. The summed E-state index contributed by atoms with van der Waals surface area (Å²) in [5.41, 5.74) is -0.968. The second-order valence-electron chi connectivity index (χ2n) is 8.35. The van der Waals surface area contributed by atoms with E-state index >= 15 is 0 Å². The number of ether oxygens (including phenoxy) is 3. The Morgan fingerprint density at radius 2 is 1.97 bits per heavy atom. The zero-order valence-corrected chi connectivity index (χ0v) is 22.9. The van der Waals surface area contributed by atoms with Crippen LogP contribution < -0.4 is 21.3 Å². The van der Waals surface area contributed by atoms with Crippen LogP contribution in [0.5, 0.6) is 5.75 Å². The monoisotopic (exact) mass is 560 g/mol. The Hall–Kier alpha value is -4.02. The van der Waals surface area contributed by atoms with Crippen LogP contribution in [-0.4, -0.2) is 47.9 Å². The number of halogens is 1. The summed E-state index contributed by atoms with van der Waals surface area (Å²) in [4.78, 5) is 52.5. The van der Waals surface area contributed by atoms with E-state index in [1.54, 1.807) is 20.8 Å². The number of fused-ring (bicyclic) bond motifs is 1. The largest absolute Gasteiger partial charge is 0.496 e. The van der Waals surface area contributed by atoms with Gasteiger partial charge in [-0.3, -0.25) is 18.7 Å². The lowest BCUT2D eigenvalue weighted by atomic mass is 10.1. The van der Waals surface area contributed by atoms with Crippen LogP contribution in [0, 0.1) is 24.1 Å². The molecule has 11 nitrogen and oxygen atoms in total. The van der Waals surface area contributed by atoms with Gasteiger partial charge >= 0.3 is 11.7 Å². The molecule has 13 heteroatoms. The lowest BCUT2D eigenvalue weighted by molar-refractivity contribution is -0.121. The molecule has 0 unspecified atom stereocenters. The number of carbonyl (C=O) groups is 2. The van der Waals surface area contributed by atoms with Gasteiger partial charge in [-0.25, -0.2) is 14.0 Å². The molecule has 0 aliphatic rings. The Morgan fingerprint density at radius 3 is 2.62 bits per heavy atom. The van der Waals surface area contributed by atoms with E-state index in [4.69, 9.17) is 19.5 Å². The molecule has 208 valence electrons. The second kappa shape index (κ2) is 13.2. The number of rotatable bonds is 12. The number of thiophene rings is 1. The Morgan fingerprint density at radius 1 is 1.23 bits per heavy atom. The first kappa shape index (κ1) is 29.5. The fourth-order valence-corrected chi connectivity index (χ4v) is 5.29. The molecule has 2 aromatic heterocycles. The van der Waals surface area contributed by atoms with Crippen molar-refractivity contribution in [2.45, 2.75) is 46.4 Å². The molecule has 3 aromatic rings. The molecule has 0 aliphatic heterocycles. The number of aromatic nitrogens is 2. The van der Waals surface area contributed by atoms with Gasteiger partial charge in [-0.2, -0.15) is 5.26 Å². The van der Waals surface area contributed by atoms with Gasteiger partial charge in [0.2, 0.25) is 5.91 Å².